The van der Waals surface area contributed by atoms with Gasteiger partial charge in [-0.1, -0.05) is 19.1 Å². The van der Waals surface area contributed by atoms with Crippen molar-refractivity contribution in [3.05, 3.63) is 11.9 Å². The summed E-state index contributed by atoms with van der Waals surface area (Å²) in [5, 5.41) is 13.7. The maximum Gasteiger partial charge on any atom is 0.241 e. The average molecular weight is 239 g/mol. The van der Waals surface area contributed by atoms with Gasteiger partial charge in [-0.2, -0.15) is 0 Å². The van der Waals surface area contributed by atoms with Crippen LogP contribution in [0.4, 0.5) is 0 Å². The summed E-state index contributed by atoms with van der Waals surface area (Å²) in [4.78, 5) is 11.5. The van der Waals surface area contributed by atoms with Crippen LogP contribution in [0.1, 0.15) is 26.0 Å². The monoisotopic (exact) mass is 239 g/mol. The summed E-state index contributed by atoms with van der Waals surface area (Å²) in [6.45, 7) is 5.87. The summed E-state index contributed by atoms with van der Waals surface area (Å²) in [5.41, 5.74) is 0.836. The predicted octanol–water partition coefficient (Wildman–Crippen LogP) is 0.160. The van der Waals surface area contributed by atoms with Crippen LogP contribution < -0.4 is 10.6 Å². The molecule has 0 unspecified atom stereocenters. The number of amides is 1. The molecule has 1 aromatic rings. The van der Waals surface area contributed by atoms with Crippen molar-refractivity contribution < 1.29 is 4.79 Å². The van der Waals surface area contributed by atoms with E-state index in [1.807, 2.05) is 7.05 Å². The van der Waals surface area contributed by atoms with Crippen LogP contribution in [0.25, 0.3) is 0 Å². The molecule has 2 N–H and O–H groups in total. The fraction of sp³-hybridized carbons (Fsp3) is 0.727. The molecule has 0 spiro atoms. The standard InChI is InChI=1S/C11H21N5O/c1-9(2)4-5-13-11(17)8-16-7-10(6-12-3)14-15-16/h7,9,12H,4-6,8H2,1-3H3,(H,13,17). The van der Waals surface area contributed by atoms with E-state index in [2.05, 4.69) is 34.8 Å². The number of carbonyl (C=O) groups is 1. The Bertz CT molecular complexity index is 347. The Balaban J connectivity index is 2.29. The van der Waals surface area contributed by atoms with Crippen LogP contribution >= 0.6 is 0 Å². The van der Waals surface area contributed by atoms with Crippen LogP contribution in [0, 0.1) is 5.92 Å². The molecule has 0 radical (unpaired) electrons. The molecule has 17 heavy (non-hydrogen) atoms. The Kier molecular flexibility index (Phi) is 5.62. The number of rotatable bonds is 7. The minimum atomic E-state index is -0.0217. The number of hydrogen-bond donors (Lipinski definition) is 2. The Morgan fingerprint density at radius 3 is 2.94 bits per heavy atom. The van der Waals surface area contributed by atoms with Gasteiger partial charge in [0.1, 0.15) is 6.54 Å². The second-order valence-corrected chi connectivity index (χ2v) is 4.47. The van der Waals surface area contributed by atoms with E-state index in [4.69, 9.17) is 0 Å². The Hall–Kier alpha value is -1.43. The molecule has 0 aromatic carbocycles. The zero-order valence-electron chi connectivity index (χ0n) is 10.7. The minimum absolute atomic E-state index is 0.0217. The maximum absolute atomic E-state index is 11.5. The number of nitrogens with one attached hydrogen (secondary N) is 2. The number of aromatic nitrogens is 3. The quantitative estimate of drug-likeness (QED) is 0.711. The molecule has 0 saturated carbocycles. The van der Waals surface area contributed by atoms with Crippen LogP contribution in [0.2, 0.25) is 0 Å². The fourth-order valence-corrected chi connectivity index (χ4v) is 1.38. The van der Waals surface area contributed by atoms with E-state index in [1.165, 1.54) is 0 Å². The third-order valence-corrected chi connectivity index (χ3v) is 2.29. The van der Waals surface area contributed by atoms with Gasteiger partial charge in [0, 0.05) is 13.1 Å². The molecule has 0 atom stereocenters. The molecule has 1 aromatic heterocycles. The van der Waals surface area contributed by atoms with Crippen molar-refractivity contribution in [1.29, 1.82) is 0 Å². The van der Waals surface area contributed by atoms with Crippen LogP contribution in [0.5, 0.6) is 0 Å². The van der Waals surface area contributed by atoms with Crippen molar-refractivity contribution in [1.82, 2.24) is 25.6 Å². The first-order chi connectivity index (χ1) is 8.11. The highest BCUT2D eigenvalue weighted by molar-refractivity contribution is 5.75. The molecule has 96 valence electrons. The van der Waals surface area contributed by atoms with Gasteiger partial charge in [0.2, 0.25) is 5.91 Å². The summed E-state index contributed by atoms with van der Waals surface area (Å²) in [7, 11) is 1.84. The fourth-order valence-electron chi connectivity index (χ4n) is 1.38. The lowest BCUT2D eigenvalue weighted by molar-refractivity contribution is -0.121. The van der Waals surface area contributed by atoms with Crippen molar-refractivity contribution in [2.75, 3.05) is 13.6 Å². The van der Waals surface area contributed by atoms with Gasteiger partial charge in [0.05, 0.1) is 11.9 Å². The van der Waals surface area contributed by atoms with E-state index in [1.54, 1.807) is 10.9 Å². The summed E-state index contributed by atoms with van der Waals surface area (Å²) >= 11 is 0. The normalized spacial score (nSPS) is 10.8. The summed E-state index contributed by atoms with van der Waals surface area (Å²) in [5.74, 6) is 0.579. The zero-order chi connectivity index (χ0) is 12.7. The van der Waals surface area contributed by atoms with E-state index in [0.717, 1.165) is 12.1 Å². The lowest BCUT2D eigenvalue weighted by Crippen LogP contribution is -2.29. The van der Waals surface area contributed by atoms with Crippen LogP contribution in [0.3, 0.4) is 0 Å². The summed E-state index contributed by atoms with van der Waals surface area (Å²) in [6, 6.07) is 0. The highest BCUT2D eigenvalue weighted by Crippen LogP contribution is 1.96. The van der Waals surface area contributed by atoms with E-state index in [9.17, 15) is 4.79 Å². The topological polar surface area (TPSA) is 71.8 Å². The highest BCUT2D eigenvalue weighted by atomic mass is 16.2. The zero-order valence-corrected chi connectivity index (χ0v) is 10.7. The van der Waals surface area contributed by atoms with E-state index in [-0.39, 0.29) is 12.5 Å². The van der Waals surface area contributed by atoms with E-state index in [0.29, 0.717) is 19.0 Å². The first kappa shape index (κ1) is 13.6. The van der Waals surface area contributed by atoms with Gasteiger partial charge in [-0.25, -0.2) is 4.68 Å². The second kappa shape index (κ2) is 7.01. The van der Waals surface area contributed by atoms with Crippen molar-refractivity contribution in [2.24, 2.45) is 5.92 Å². The average Bonchev–Trinajstić information content (AvgIpc) is 2.65. The molecule has 1 heterocycles. The molecule has 0 aliphatic heterocycles. The third-order valence-electron chi connectivity index (χ3n) is 2.29. The Labute approximate surface area is 102 Å². The molecule has 1 rings (SSSR count). The predicted molar refractivity (Wildman–Crippen MR) is 65.3 cm³/mol. The molecule has 0 aliphatic carbocycles. The Morgan fingerprint density at radius 2 is 2.29 bits per heavy atom. The molecule has 6 nitrogen and oxygen atoms in total. The van der Waals surface area contributed by atoms with Crippen LogP contribution in [0.15, 0.2) is 6.20 Å². The highest BCUT2D eigenvalue weighted by Gasteiger charge is 2.05. The molecule has 0 saturated heterocycles. The molecular formula is C11H21N5O. The van der Waals surface area contributed by atoms with Crippen molar-refractivity contribution in [2.45, 2.75) is 33.4 Å². The van der Waals surface area contributed by atoms with Crippen molar-refractivity contribution >= 4 is 5.91 Å². The number of hydrogen-bond acceptors (Lipinski definition) is 4. The first-order valence-corrected chi connectivity index (χ1v) is 5.92. The first-order valence-electron chi connectivity index (χ1n) is 5.92. The van der Waals surface area contributed by atoms with Crippen LogP contribution in [-0.4, -0.2) is 34.5 Å². The van der Waals surface area contributed by atoms with Crippen molar-refractivity contribution in [3.63, 3.8) is 0 Å². The molecule has 6 heteroatoms. The van der Waals surface area contributed by atoms with E-state index < -0.39 is 0 Å². The van der Waals surface area contributed by atoms with Crippen LogP contribution in [-0.2, 0) is 17.9 Å². The summed E-state index contributed by atoms with van der Waals surface area (Å²) in [6.07, 6.45) is 2.77. The molecule has 1 amide bonds. The number of carbonyl (C=O) groups excluding carboxylic acids is 1. The Morgan fingerprint density at radius 1 is 1.53 bits per heavy atom. The smallest absolute Gasteiger partial charge is 0.241 e. The van der Waals surface area contributed by atoms with Crippen molar-refractivity contribution in [3.8, 4) is 0 Å². The minimum Gasteiger partial charge on any atom is -0.354 e. The SMILES string of the molecule is CNCc1cn(CC(=O)NCCC(C)C)nn1. The van der Waals surface area contributed by atoms with Gasteiger partial charge in [0.25, 0.3) is 0 Å². The van der Waals surface area contributed by atoms with Gasteiger partial charge < -0.3 is 10.6 Å². The summed E-state index contributed by atoms with van der Waals surface area (Å²) < 4.78 is 1.55. The third kappa shape index (κ3) is 5.44. The van der Waals surface area contributed by atoms with Gasteiger partial charge in [-0.15, -0.1) is 5.10 Å². The molecular weight excluding hydrogens is 218 g/mol. The molecule has 0 bridgehead atoms. The van der Waals surface area contributed by atoms with Gasteiger partial charge in [-0.3, -0.25) is 4.79 Å². The van der Waals surface area contributed by atoms with E-state index >= 15 is 0 Å². The maximum atomic E-state index is 11.5. The lowest BCUT2D eigenvalue weighted by Gasteiger charge is -2.06. The van der Waals surface area contributed by atoms with Gasteiger partial charge in [0.15, 0.2) is 0 Å². The lowest BCUT2D eigenvalue weighted by atomic mass is 10.1. The van der Waals surface area contributed by atoms with Gasteiger partial charge >= 0.3 is 0 Å². The molecule has 0 aliphatic rings. The largest absolute Gasteiger partial charge is 0.354 e. The number of nitrogens with zero attached hydrogens (tertiary/aromatic N) is 3. The molecule has 0 fully saturated rings. The second-order valence-electron chi connectivity index (χ2n) is 4.47. The van der Waals surface area contributed by atoms with Gasteiger partial charge in [-0.05, 0) is 19.4 Å².